The first kappa shape index (κ1) is 10.5. The van der Waals surface area contributed by atoms with E-state index in [1.807, 2.05) is 11.3 Å². The van der Waals surface area contributed by atoms with Gasteiger partial charge in [0.15, 0.2) is 0 Å². The second kappa shape index (κ2) is 4.69. The number of nitrogens with one attached hydrogen (secondary N) is 1. The minimum Gasteiger partial charge on any atom is -0.313 e. The molecular weight excluding hydrogens is 210 g/mol. The lowest BCUT2D eigenvalue weighted by atomic mass is 9.93. The molecular formula is C11H17NS2. The van der Waals surface area contributed by atoms with Crippen LogP contribution in [0.4, 0.5) is 0 Å². The van der Waals surface area contributed by atoms with Gasteiger partial charge in [-0.05, 0) is 54.8 Å². The molecule has 0 saturated carbocycles. The lowest BCUT2D eigenvalue weighted by molar-refractivity contribution is 0.419. The van der Waals surface area contributed by atoms with Crippen molar-refractivity contribution in [3.8, 4) is 0 Å². The highest BCUT2D eigenvalue weighted by Crippen LogP contribution is 2.36. The van der Waals surface area contributed by atoms with Crippen LogP contribution in [0, 0.1) is 12.8 Å². The normalized spacial score (nSPS) is 24.0. The molecule has 1 aromatic heterocycles. The van der Waals surface area contributed by atoms with Crippen LogP contribution in [-0.2, 0) is 0 Å². The van der Waals surface area contributed by atoms with E-state index in [0.717, 1.165) is 5.92 Å². The molecule has 14 heavy (non-hydrogen) atoms. The van der Waals surface area contributed by atoms with Gasteiger partial charge in [0.05, 0.1) is 0 Å². The molecule has 1 saturated heterocycles. The van der Waals surface area contributed by atoms with Crippen LogP contribution < -0.4 is 5.32 Å². The van der Waals surface area contributed by atoms with E-state index < -0.39 is 0 Å². The van der Waals surface area contributed by atoms with E-state index in [1.54, 1.807) is 0 Å². The third kappa shape index (κ3) is 2.00. The summed E-state index contributed by atoms with van der Waals surface area (Å²) in [5.41, 5.74) is 1.52. The molecule has 1 fully saturated rings. The quantitative estimate of drug-likeness (QED) is 0.851. The highest BCUT2D eigenvalue weighted by molar-refractivity contribution is 7.99. The first-order valence-corrected chi connectivity index (χ1v) is 7.15. The van der Waals surface area contributed by atoms with Crippen LogP contribution in [0.3, 0.4) is 0 Å². The fraction of sp³-hybridized carbons (Fsp3) is 0.636. The van der Waals surface area contributed by atoms with Crippen molar-refractivity contribution in [2.45, 2.75) is 19.4 Å². The van der Waals surface area contributed by atoms with Crippen molar-refractivity contribution < 1.29 is 0 Å². The monoisotopic (exact) mass is 227 g/mol. The molecule has 78 valence electrons. The summed E-state index contributed by atoms with van der Waals surface area (Å²) in [7, 11) is 2.09. The SMILES string of the molecule is CNC(c1ccsc1C)C1CCSC1. The van der Waals surface area contributed by atoms with Crippen LogP contribution in [0.15, 0.2) is 11.4 Å². The first-order valence-electron chi connectivity index (χ1n) is 5.12. The highest BCUT2D eigenvalue weighted by Gasteiger charge is 2.26. The van der Waals surface area contributed by atoms with Crippen LogP contribution in [0.2, 0.25) is 0 Å². The summed E-state index contributed by atoms with van der Waals surface area (Å²) in [6.45, 7) is 2.23. The zero-order valence-electron chi connectivity index (χ0n) is 8.75. The Hall–Kier alpha value is 0.01000. The summed E-state index contributed by atoms with van der Waals surface area (Å²) >= 11 is 3.95. The van der Waals surface area contributed by atoms with Crippen molar-refractivity contribution in [3.05, 3.63) is 21.9 Å². The van der Waals surface area contributed by atoms with Gasteiger partial charge in [0.25, 0.3) is 0 Å². The van der Waals surface area contributed by atoms with E-state index in [0.29, 0.717) is 6.04 Å². The van der Waals surface area contributed by atoms with Crippen molar-refractivity contribution in [3.63, 3.8) is 0 Å². The van der Waals surface area contributed by atoms with Gasteiger partial charge in [0.1, 0.15) is 0 Å². The molecule has 0 amide bonds. The topological polar surface area (TPSA) is 12.0 Å². The highest BCUT2D eigenvalue weighted by atomic mass is 32.2. The Morgan fingerprint density at radius 3 is 2.93 bits per heavy atom. The predicted molar refractivity (Wildman–Crippen MR) is 66.3 cm³/mol. The fourth-order valence-electron chi connectivity index (χ4n) is 2.18. The van der Waals surface area contributed by atoms with Crippen LogP contribution >= 0.6 is 23.1 Å². The largest absolute Gasteiger partial charge is 0.313 e. The van der Waals surface area contributed by atoms with Gasteiger partial charge < -0.3 is 5.32 Å². The predicted octanol–water partition coefficient (Wildman–Crippen LogP) is 3.07. The van der Waals surface area contributed by atoms with Crippen molar-refractivity contribution in [2.24, 2.45) is 5.92 Å². The number of aryl methyl sites for hydroxylation is 1. The maximum Gasteiger partial charge on any atom is 0.0365 e. The number of thioether (sulfide) groups is 1. The smallest absolute Gasteiger partial charge is 0.0365 e. The number of thiophene rings is 1. The molecule has 0 aromatic carbocycles. The third-order valence-electron chi connectivity index (χ3n) is 2.98. The van der Waals surface area contributed by atoms with Gasteiger partial charge in [0, 0.05) is 10.9 Å². The molecule has 1 N–H and O–H groups in total. The van der Waals surface area contributed by atoms with Gasteiger partial charge in [-0.15, -0.1) is 11.3 Å². The van der Waals surface area contributed by atoms with E-state index in [1.165, 1.54) is 28.4 Å². The Bertz CT molecular complexity index is 289. The molecule has 0 bridgehead atoms. The molecule has 1 aliphatic heterocycles. The van der Waals surface area contributed by atoms with Gasteiger partial charge in [0.2, 0.25) is 0 Å². The summed E-state index contributed by atoms with van der Waals surface area (Å²) in [5.74, 6) is 3.49. The molecule has 3 heteroatoms. The second-order valence-corrected chi connectivity index (χ2v) is 6.09. The van der Waals surface area contributed by atoms with E-state index in [4.69, 9.17) is 0 Å². The van der Waals surface area contributed by atoms with Crippen LogP contribution in [-0.4, -0.2) is 18.6 Å². The minimum atomic E-state index is 0.580. The first-order chi connectivity index (χ1) is 6.83. The molecule has 0 spiro atoms. The van der Waals surface area contributed by atoms with Gasteiger partial charge >= 0.3 is 0 Å². The lowest BCUT2D eigenvalue weighted by Gasteiger charge is -2.22. The number of hydrogen-bond acceptors (Lipinski definition) is 3. The van der Waals surface area contributed by atoms with Gasteiger partial charge in [-0.25, -0.2) is 0 Å². The molecule has 2 rings (SSSR count). The third-order valence-corrected chi connectivity index (χ3v) is 5.03. The Balaban J connectivity index is 2.16. The average molecular weight is 227 g/mol. The van der Waals surface area contributed by atoms with E-state index in [9.17, 15) is 0 Å². The zero-order valence-corrected chi connectivity index (χ0v) is 10.4. The molecule has 1 nitrogen and oxygen atoms in total. The number of rotatable bonds is 3. The molecule has 2 heterocycles. The molecule has 0 aliphatic carbocycles. The molecule has 1 aromatic rings. The van der Waals surface area contributed by atoms with Crippen LogP contribution in [0.1, 0.15) is 22.9 Å². The molecule has 2 atom stereocenters. The Labute approximate surface area is 94.3 Å². The second-order valence-electron chi connectivity index (χ2n) is 3.82. The maximum atomic E-state index is 3.48. The van der Waals surface area contributed by atoms with Crippen LogP contribution in [0.25, 0.3) is 0 Å². The van der Waals surface area contributed by atoms with E-state index in [-0.39, 0.29) is 0 Å². The summed E-state index contributed by atoms with van der Waals surface area (Å²) in [5, 5.41) is 5.69. The zero-order chi connectivity index (χ0) is 9.97. The van der Waals surface area contributed by atoms with Crippen LogP contribution in [0.5, 0.6) is 0 Å². The average Bonchev–Trinajstić information content (AvgIpc) is 2.80. The number of hydrogen-bond donors (Lipinski definition) is 1. The molecule has 1 aliphatic rings. The van der Waals surface area contributed by atoms with Crippen molar-refractivity contribution in [1.29, 1.82) is 0 Å². The molecule has 0 radical (unpaired) electrons. The van der Waals surface area contributed by atoms with Gasteiger partial charge in [-0.3, -0.25) is 0 Å². The van der Waals surface area contributed by atoms with Gasteiger partial charge in [-0.2, -0.15) is 11.8 Å². The Kier molecular flexibility index (Phi) is 3.52. The fourth-order valence-corrected chi connectivity index (χ4v) is 4.23. The Morgan fingerprint density at radius 2 is 2.43 bits per heavy atom. The minimum absolute atomic E-state index is 0.580. The van der Waals surface area contributed by atoms with Gasteiger partial charge in [-0.1, -0.05) is 0 Å². The summed E-state index contributed by atoms with van der Waals surface area (Å²) in [6.07, 6.45) is 1.37. The summed E-state index contributed by atoms with van der Waals surface area (Å²) in [4.78, 5) is 1.47. The lowest BCUT2D eigenvalue weighted by Crippen LogP contribution is -2.25. The van der Waals surface area contributed by atoms with E-state index >= 15 is 0 Å². The van der Waals surface area contributed by atoms with Crippen molar-refractivity contribution in [2.75, 3.05) is 18.6 Å². The summed E-state index contributed by atoms with van der Waals surface area (Å²) < 4.78 is 0. The van der Waals surface area contributed by atoms with E-state index in [2.05, 4.69) is 42.5 Å². The Morgan fingerprint density at radius 1 is 1.57 bits per heavy atom. The van der Waals surface area contributed by atoms with Crippen molar-refractivity contribution in [1.82, 2.24) is 5.32 Å². The summed E-state index contributed by atoms with van der Waals surface area (Å²) in [6, 6.07) is 2.86. The van der Waals surface area contributed by atoms with Crippen molar-refractivity contribution >= 4 is 23.1 Å². The maximum absolute atomic E-state index is 3.48. The standard InChI is InChI=1S/C11H17NS2/c1-8-10(4-6-14-8)11(12-2)9-3-5-13-7-9/h4,6,9,11-12H,3,5,7H2,1-2H3. The molecule has 2 unspecified atom stereocenters.